The molecule has 0 radical (unpaired) electrons. The molecule has 1 fully saturated rings. The van der Waals surface area contributed by atoms with E-state index in [1.54, 1.807) is 29.3 Å². The number of benzene rings is 1. The highest BCUT2D eigenvalue weighted by molar-refractivity contribution is 5.93. The molecule has 4 rings (SSSR count). The second-order valence-electron chi connectivity index (χ2n) is 6.57. The number of carbonyl (C=O) groups is 1. The van der Waals surface area contributed by atoms with E-state index in [1.807, 2.05) is 13.0 Å². The van der Waals surface area contributed by atoms with Crippen molar-refractivity contribution >= 4 is 11.6 Å². The number of hydrogen-bond donors (Lipinski definition) is 0. The van der Waals surface area contributed by atoms with Crippen molar-refractivity contribution in [2.24, 2.45) is 0 Å². The minimum atomic E-state index is -0.390. The van der Waals surface area contributed by atoms with Gasteiger partial charge in [0, 0.05) is 18.9 Å². The molecule has 138 valence electrons. The molecule has 1 amide bonds. The Labute approximate surface area is 154 Å². The van der Waals surface area contributed by atoms with Gasteiger partial charge >= 0.3 is 0 Å². The van der Waals surface area contributed by atoms with E-state index in [1.165, 1.54) is 22.7 Å². The van der Waals surface area contributed by atoms with E-state index in [4.69, 9.17) is 4.74 Å². The van der Waals surface area contributed by atoms with Crippen LogP contribution in [0.1, 0.15) is 27.6 Å². The standard InChI is InChI=1S/C20H18FN3O3/c1-13-2-7-18-22-10-16(20(26)24(18)11-13)19(25)23-8-9-27-17(12-23)14-3-5-15(21)6-4-14/h2-7,10-11,17H,8-9,12H2,1H3. The molecule has 1 aliphatic heterocycles. The summed E-state index contributed by atoms with van der Waals surface area (Å²) in [6.07, 6.45) is 2.64. The molecule has 2 aromatic heterocycles. The van der Waals surface area contributed by atoms with Crippen LogP contribution in [0, 0.1) is 12.7 Å². The van der Waals surface area contributed by atoms with Crippen LogP contribution < -0.4 is 5.56 Å². The molecular weight excluding hydrogens is 349 g/mol. The first-order chi connectivity index (χ1) is 13.0. The lowest BCUT2D eigenvalue weighted by Crippen LogP contribution is -2.44. The van der Waals surface area contributed by atoms with Crippen molar-refractivity contribution in [3.63, 3.8) is 0 Å². The predicted molar refractivity (Wildman–Crippen MR) is 97.2 cm³/mol. The Kier molecular flexibility index (Phi) is 4.45. The summed E-state index contributed by atoms with van der Waals surface area (Å²) < 4.78 is 20.2. The van der Waals surface area contributed by atoms with Crippen molar-refractivity contribution in [1.82, 2.24) is 14.3 Å². The molecule has 6 nitrogen and oxygen atoms in total. The van der Waals surface area contributed by atoms with Gasteiger partial charge < -0.3 is 9.64 Å². The molecule has 27 heavy (non-hydrogen) atoms. The molecule has 0 spiro atoms. The highest BCUT2D eigenvalue weighted by Crippen LogP contribution is 2.23. The Hall–Kier alpha value is -3.06. The van der Waals surface area contributed by atoms with Crippen LogP contribution in [-0.4, -0.2) is 39.9 Å². The zero-order valence-electron chi connectivity index (χ0n) is 14.8. The molecule has 0 saturated carbocycles. The van der Waals surface area contributed by atoms with E-state index in [9.17, 15) is 14.0 Å². The molecule has 7 heteroatoms. The SMILES string of the molecule is Cc1ccc2ncc(C(=O)N3CCOC(c4ccc(F)cc4)C3)c(=O)n2c1. The number of aryl methyl sites for hydroxylation is 1. The van der Waals surface area contributed by atoms with Crippen LogP contribution in [0.4, 0.5) is 4.39 Å². The fourth-order valence-corrected chi connectivity index (χ4v) is 3.21. The van der Waals surface area contributed by atoms with Gasteiger partial charge in [0.25, 0.3) is 11.5 Å². The van der Waals surface area contributed by atoms with Crippen LogP contribution >= 0.6 is 0 Å². The fourth-order valence-electron chi connectivity index (χ4n) is 3.21. The minimum Gasteiger partial charge on any atom is -0.370 e. The van der Waals surface area contributed by atoms with Crippen molar-refractivity contribution in [2.45, 2.75) is 13.0 Å². The van der Waals surface area contributed by atoms with Crippen molar-refractivity contribution in [3.8, 4) is 0 Å². The lowest BCUT2D eigenvalue weighted by Gasteiger charge is -2.33. The molecule has 0 N–H and O–H groups in total. The first kappa shape index (κ1) is 17.4. The van der Waals surface area contributed by atoms with Gasteiger partial charge in [-0.05, 0) is 36.2 Å². The summed E-state index contributed by atoms with van der Waals surface area (Å²) in [6, 6.07) is 9.61. The average Bonchev–Trinajstić information content (AvgIpc) is 2.69. The lowest BCUT2D eigenvalue weighted by molar-refractivity contribution is -0.0229. The summed E-state index contributed by atoms with van der Waals surface area (Å²) in [4.78, 5) is 31.5. The zero-order valence-corrected chi connectivity index (χ0v) is 14.8. The molecule has 0 bridgehead atoms. The Morgan fingerprint density at radius 1 is 1.22 bits per heavy atom. The second-order valence-corrected chi connectivity index (χ2v) is 6.57. The largest absolute Gasteiger partial charge is 0.370 e. The third kappa shape index (κ3) is 3.33. The molecular formula is C20H18FN3O3. The summed E-state index contributed by atoms with van der Waals surface area (Å²) in [6.45, 7) is 2.89. The van der Waals surface area contributed by atoms with Gasteiger partial charge in [0.15, 0.2) is 0 Å². The highest BCUT2D eigenvalue weighted by Gasteiger charge is 2.28. The zero-order chi connectivity index (χ0) is 19.0. The van der Waals surface area contributed by atoms with Gasteiger partial charge in [-0.25, -0.2) is 9.37 Å². The minimum absolute atomic E-state index is 0.0258. The number of fused-ring (bicyclic) bond motifs is 1. The van der Waals surface area contributed by atoms with Gasteiger partial charge in [-0.3, -0.25) is 14.0 Å². The lowest BCUT2D eigenvalue weighted by atomic mass is 10.1. The van der Waals surface area contributed by atoms with Gasteiger partial charge in [-0.1, -0.05) is 18.2 Å². The quantitative estimate of drug-likeness (QED) is 0.698. The number of aromatic nitrogens is 2. The van der Waals surface area contributed by atoms with Crippen LogP contribution in [0.15, 0.2) is 53.6 Å². The number of amides is 1. The first-order valence-corrected chi connectivity index (χ1v) is 8.67. The third-order valence-corrected chi connectivity index (χ3v) is 4.68. The average molecular weight is 367 g/mol. The van der Waals surface area contributed by atoms with E-state index < -0.39 is 5.56 Å². The van der Waals surface area contributed by atoms with Crippen LogP contribution in [0.5, 0.6) is 0 Å². The summed E-state index contributed by atoms with van der Waals surface area (Å²) in [5.74, 6) is -0.702. The maximum Gasteiger partial charge on any atom is 0.270 e. The number of halogens is 1. The number of rotatable bonds is 2. The van der Waals surface area contributed by atoms with E-state index in [0.29, 0.717) is 25.3 Å². The van der Waals surface area contributed by atoms with Gasteiger partial charge in [0.05, 0.1) is 13.2 Å². The first-order valence-electron chi connectivity index (χ1n) is 8.67. The Morgan fingerprint density at radius 2 is 2.00 bits per heavy atom. The summed E-state index contributed by atoms with van der Waals surface area (Å²) in [5.41, 5.74) is 1.82. The molecule has 1 saturated heterocycles. The van der Waals surface area contributed by atoms with Crippen molar-refractivity contribution in [1.29, 1.82) is 0 Å². The Balaban J connectivity index is 1.62. The Morgan fingerprint density at radius 3 is 2.78 bits per heavy atom. The molecule has 0 aliphatic carbocycles. The number of nitrogens with zero attached hydrogens (tertiary/aromatic N) is 3. The van der Waals surface area contributed by atoms with Crippen LogP contribution in [0.25, 0.3) is 5.65 Å². The molecule has 1 unspecified atom stereocenters. The monoisotopic (exact) mass is 367 g/mol. The van der Waals surface area contributed by atoms with E-state index in [0.717, 1.165) is 11.1 Å². The second kappa shape index (κ2) is 6.92. The molecule has 3 aromatic rings. The summed E-state index contributed by atoms with van der Waals surface area (Å²) in [7, 11) is 0. The number of hydrogen-bond acceptors (Lipinski definition) is 4. The molecule has 1 atom stereocenters. The third-order valence-electron chi connectivity index (χ3n) is 4.68. The topological polar surface area (TPSA) is 63.9 Å². The van der Waals surface area contributed by atoms with Crippen molar-refractivity contribution in [2.75, 3.05) is 19.7 Å². The van der Waals surface area contributed by atoms with Gasteiger partial charge in [0.1, 0.15) is 23.1 Å². The van der Waals surface area contributed by atoms with E-state index >= 15 is 0 Å². The predicted octanol–water partition coefficient (Wildman–Crippen LogP) is 2.36. The maximum atomic E-state index is 13.1. The van der Waals surface area contributed by atoms with Crippen LogP contribution in [0.2, 0.25) is 0 Å². The van der Waals surface area contributed by atoms with Crippen LogP contribution in [-0.2, 0) is 4.74 Å². The summed E-state index contributed by atoms with van der Waals surface area (Å²) in [5, 5.41) is 0. The molecule has 1 aromatic carbocycles. The van der Waals surface area contributed by atoms with Crippen molar-refractivity contribution in [3.05, 3.63) is 81.7 Å². The molecule has 3 heterocycles. The van der Waals surface area contributed by atoms with E-state index in [2.05, 4.69) is 4.98 Å². The number of carbonyl (C=O) groups excluding carboxylic acids is 1. The normalized spacial score (nSPS) is 17.3. The van der Waals surface area contributed by atoms with Gasteiger partial charge in [-0.15, -0.1) is 0 Å². The van der Waals surface area contributed by atoms with Crippen molar-refractivity contribution < 1.29 is 13.9 Å². The number of pyridine rings is 1. The smallest absolute Gasteiger partial charge is 0.270 e. The fraction of sp³-hybridized carbons (Fsp3) is 0.250. The van der Waals surface area contributed by atoms with Gasteiger partial charge in [-0.2, -0.15) is 0 Å². The highest BCUT2D eigenvalue weighted by atomic mass is 19.1. The van der Waals surface area contributed by atoms with Gasteiger partial charge in [0.2, 0.25) is 0 Å². The Bertz CT molecular complexity index is 1060. The summed E-state index contributed by atoms with van der Waals surface area (Å²) >= 11 is 0. The van der Waals surface area contributed by atoms with E-state index in [-0.39, 0.29) is 23.4 Å². The maximum absolute atomic E-state index is 13.1. The number of ether oxygens (including phenoxy) is 1. The molecule has 1 aliphatic rings. The number of morpholine rings is 1. The van der Waals surface area contributed by atoms with Crippen LogP contribution in [0.3, 0.4) is 0 Å².